The average molecular weight is 435 g/mol. The number of esters is 3. The van der Waals surface area contributed by atoms with Gasteiger partial charge in [-0.15, -0.1) is 0 Å². The molecule has 4 N–H and O–H groups in total. The van der Waals surface area contributed by atoms with E-state index in [0.717, 1.165) is 27.7 Å². The van der Waals surface area contributed by atoms with E-state index < -0.39 is 79.1 Å². The fraction of sp³-hybridized carbons (Fsp3) is 0.706. The van der Waals surface area contributed by atoms with E-state index in [4.69, 9.17) is 18.9 Å². The monoisotopic (exact) mass is 435 g/mol. The number of carbonyl (C=O) groups excluding carboxylic acids is 4. The van der Waals surface area contributed by atoms with Gasteiger partial charge in [0.25, 0.3) is 5.79 Å². The average Bonchev–Trinajstić information content (AvgIpc) is 2.58. The topological polar surface area (TPSA) is 195 Å². The first kappa shape index (κ1) is 25.3. The SMILES string of the molecule is CC(=O)N[C@H]1[C@H]([C@H](OC(C)=O)[C@@H](COC(C)=O)OC(C)=O)OC(O)(C(=O)O)C[C@@H]1O. The molecule has 0 spiro atoms. The van der Waals surface area contributed by atoms with E-state index in [0.29, 0.717) is 0 Å². The third-order valence-electron chi connectivity index (χ3n) is 4.05. The zero-order chi connectivity index (χ0) is 23.2. The van der Waals surface area contributed by atoms with E-state index >= 15 is 0 Å². The number of aliphatic hydroxyl groups is 2. The standard InChI is InChI=1S/C17H25NO12/c1-7(19)18-13-11(23)5-17(26,16(24)25)30-15(13)14(29-10(4)22)12(28-9(3)21)6-27-8(2)20/h11-15,23,26H,5-6H2,1-4H3,(H,18,19)(H,24,25)/t11-,12+,13+,14+,15+,17?/m0/s1. The maximum absolute atomic E-state index is 11.7. The number of rotatable bonds is 8. The number of carboxylic acids is 1. The predicted molar refractivity (Wildman–Crippen MR) is 93.4 cm³/mol. The summed E-state index contributed by atoms with van der Waals surface area (Å²) in [6, 6.07) is -1.37. The van der Waals surface area contributed by atoms with Crippen LogP contribution in [-0.2, 0) is 42.9 Å². The first-order chi connectivity index (χ1) is 13.8. The summed E-state index contributed by atoms with van der Waals surface area (Å²) < 4.78 is 20.2. The van der Waals surface area contributed by atoms with E-state index in [1.54, 1.807) is 0 Å². The molecule has 1 saturated heterocycles. The fourth-order valence-electron chi connectivity index (χ4n) is 2.95. The minimum absolute atomic E-state index is 0.624. The second-order valence-electron chi connectivity index (χ2n) is 6.69. The second kappa shape index (κ2) is 10.3. The molecule has 30 heavy (non-hydrogen) atoms. The highest BCUT2D eigenvalue weighted by Crippen LogP contribution is 2.32. The molecule has 6 atom stereocenters. The van der Waals surface area contributed by atoms with Gasteiger partial charge in [-0.25, -0.2) is 4.79 Å². The van der Waals surface area contributed by atoms with Gasteiger partial charge in [-0.3, -0.25) is 19.2 Å². The molecule has 13 heteroatoms. The Morgan fingerprint density at radius 1 is 1.07 bits per heavy atom. The Labute approximate surface area is 171 Å². The van der Waals surface area contributed by atoms with E-state index in [2.05, 4.69) is 5.32 Å². The molecule has 0 aliphatic carbocycles. The van der Waals surface area contributed by atoms with Crippen molar-refractivity contribution in [3.05, 3.63) is 0 Å². The molecule has 1 aliphatic rings. The molecular weight excluding hydrogens is 410 g/mol. The van der Waals surface area contributed by atoms with Gasteiger partial charge < -0.3 is 39.6 Å². The summed E-state index contributed by atoms with van der Waals surface area (Å²) in [6.07, 6.45) is -7.37. The van der Waals surface area contributed by atoms with Crippen LogP contribution in [0.2, 0.25) is 0 Å². The van der Waals surface area contributed by atoms with Gasteiger partial charge in [0, 0.05) is 34.1 Å². The molecule has 1 aliphatic heterocycles. The van der Waals surface area contributed by atoms with Crippen LogP contribution < -0.4 is 5.32 Å². The van der Waals surface area contributed by atoms with Crippen molar-refractivity contribution < 1.29 is 58.2 Å². The summed E-state index contributed by atoms with van der Waals surface area (Å²) in [5, 5.41) is 32.3. The van der Waals surface area contributed by atoms with Gasteiger partial charge in [-0.05, 0) is 0 Å². The van der Waals surface area contributed by atoms with Crippen molar-refractivity contribution in [1.82, 2.24) is 5.32 Å². The van der Waals surface area contributed by atoms with E-state index in [1.807, 2.05) is 0 Å². The first-order valence-corrected chi connectivity index (χ1v) is 8.83. The Morgan fingerprint density at radius 2 is 1.63 bits per heavy atom. The van der Waals surface area contributed by atoms with Crippen LogP contribution in [0.4, 0.5) is 0 Å². The molecule has 1 rings (SSSR count). The zero-order valence-corrected chi connectivity index (χ0v) is 16.8. The van der Waals surface area contributed by atoms with Crippen LogP contribution in [0.25, 0.3) is 0 Å². The normalized spacial score (nSPS) is 27.9. The van der Waals surface area contributed by atoms with Crippen molar-refractivity contribution in [2.24, 2.45) is 0 Å². The van der Waals surface area contributed by atoms with Gasteiger partial charge in [-0.2, -0.15) is 0 Å². The minimum Gasteiger partial charge on any atom is -0.477 e. The Kier molecular flexibility index (Phi) is 8.69. The predicted octanol–water partition coefficient (Wildman–Crippen LogP) is -2.16. The van der Waals surface area contributed by atoms with Crippen molar-refractivity contribution in [3.63, 3.8) is 0 Å². The highest BCUT2D eigenvalue weighted by atomic mass is 16.7. The van der Waals surface area contributed by atoms with Gasteiger partial charge >= 0.3 is 23.9 Å². The van der Waals surface area contributed by atoms with Gasteiger partial charge in [0.1, 0.15) is 12.7 Å². The summed E-state index contributed by atoms with van der Waals surface area (Å²) in [5.74, 6) is -7.97. The van der Waals surface area contributed by atoms with Crippen molar-refractivity contribution in [2.45, 2.75) is 70.4 Å². The summed E-state index contributed by atoms with van der Waals surface area (Å²) in [4.78, 5) is 57.4. The summed E-state index contributed by atoms with van der Waals surface area (Å²) in [6.45, 7) is 3.54. The van der Waals surface area contributed by atoms with Gasteiger partial charge in [0.05, 0.1) is 12.1 Å². The van der Waals surface area contributed by atoms with Gasteiger partial charge in [0.2, 0.25) is 5.91 Å². The van der Waals surface area contributed by atoms with E-state index in [9.17, 15) is 39.3 Å². The molecule has 0 aromatic rings. The van der Waals surface area contributed by atoms with E-state index in [-0.39, 0.29) is 0 Å². The number of aliphatic carboxylic acids is 1. The molecule has 1 amide bonds. The molecular formula is C17H25NO12. The van der Waals surface area contributed by atoms with Crippen LogP contribution in [0, 0.1) is 0 Å². The Bertz CT molecular complexity index is 694. The van der Waals surface area contributed by atoms with Gasteiger partial charge in [-0.1, -0.05) is 0 Å². The van der Waals surface area contributed by atoms with Crippen LogP contribution in [0.1, 0.15) is 34.1 Å². The molecule has 1 unspecified atom stereocenters. The first-order valence-electron chi connectivity index (χ1n) is 8.83. The van der Waals surface area contributed by atoms with Crippen LogP contribution >= 0.6 is 0 Å². The Morgan fingerprint density at radius 3 is 2.07 bits per heavy atom. The maximum Gasteiger partial charge on any atom is 0.364 e. The molecule has 0 aromatic carbocycles. The van der Waals surface area contributed by atoms with Crippen molar-refractivity contribution in [3.8, 4) is 0 Å². The van der Waals surface area contributed by atoms with Crippen LogP contribution in [0.15, 0.2) is 0 Å². The lowest BCUT2D eigenvalue weighted by molar-refractivity contribution is -0.297. The van der Waals surface area contributed by atoms with Crippen molar-refractivity contribution in [2.75, 3.05) is 6.61 Å². The Balaban J connectivity index is 3.44. The molecule has 0 radical (unpaired) electrons. The maximum atomic E-state index is 11.7. The fourth-order valence-corrected chi connectivity index (χ4v) is 2.95. The van der Waals surface area contributed by atoms with Gasteiger partial charge in [0.15, 0.2) is 12.2 Å². The smallest absolute Gasteiger partial charge is 0.364 e. The lowest BCUT2D eigenvalue weighted by Gasteiger charge is -2.45. The zero-order valence-electron chi connectivity index (χ0n) is 16.8. The number of hydrogen-bond acceptors (Lipinski definition) is 11. The lowest BCUT2D eigenvalue weighted by Crippen LogP contribution is -2.68. The largest absolute Gasteiger partial charge is 0.477 e. The summed E-state index contributed by atoms with van der Waals surface area (Å²) in [5.41, 5.74) is 0. The second-order valence-corrected chi connectivity index (χ2v) is 6.69. The van der Waals surface area contributed by atoms with Crippen molar-refractivity contribution >= 4 is 29.8 Å². The molecule has 0 aromatic heterocycles. The number of carbonyl (C=O) groups is 5. The van der Waals surface area contributed by atoms with Crippen molar-refractivity contribution in [1.29, 1.82) is 0 Å². The van der Waals surface area contributed by atoms with E-state index in [1.165, 1.54) is 0 Å². The molecule has 0 bridgehead atoms. The third kappa shape index (κ3) is 6.93. The van der Waals surface area contributed by atoms with Crippen LogP contribution in [0.5, 0.6) is 0 Å². The van der Waals surface area contributed by atoms with Crippen LogP contribution in [0.3, 0.4) is 0 Å². The number of nitrogens with one attached hydrogen (secondary N) is 1. The molecule has 0 saturated carbocycles. The lowest BCUT2D eigenvalue weighted by atomic mass is 9.88. The number of carboxylic acid groups (broad SMARTS) is 1. The number of amides is 1. The molecule has 13 nitrogen and oxygen atoms in total. The summed E-state index contributed by atoms with van der Waals surface area (Å²) in [7, 11) is 0. The third-order valence-corrected chi connectivity index (χ3v) is 4.05. The van der Waals surface area contributed by atoms with Crippen LogP contribution in [-0.4, -0.2) is 88.0 Å². The molecule has 1 fully saturated rings. The summed E-state index contributed by atoms with van der Waals surface area (Å²) >= 11 is 0. The quantitative estimate of drug-likeness (QED) is 0.238. The molecule has 170 valence electrons. The molecule has 1 heterocycles. The number of hydrogen-bond donors (Lipinski definition) is 4. The highest BCUT2D eigenvalue weighted by molar-refractivity contribution is 5.76. The number of aliphatic hydroxyl groups excluding tert-OH is 1. The highest BCUT2D eigenvalue weighted by Gasteiger charge is 2.55. The minimum atomic E-state index is -2.90. The Hall–Kier alpha value is -2.77. The number of ether oxygens (including phenoxy) is 4.